The molecule has 2 aliphatic heterocycles. The standard InChI is InChI=1S/C25H28N2O2/c1-2-10-16-25(15-9-1,23-26-21(17-28-23)19-11-5-3-6-12-19)24-27-22(18-29-24)20-13-7-4-8-14-20/h3-8,11-14,21-22H,1-2,9-10,15-18H2/t21-,22-/m0/s1. The van der Waals surface area contributed by atoms with Gasteiger partial charge in [0.05, 0.1) is 0 Å². The van der Waals surface area contributed by atoms with E-state index in [1.165, 1.54) is 24.0 Å². The second-order valence-electron chi connectivity index (χ2n) is 8.34. The Hall–Kier alpha value is -2.62. The van der Waals surface area contributed by atoms with E-state index in [2.05, 4.69) is 48.5 Å². The summed E-state index contributed by atoms with van der Waals surface area (Å²) in [5.74, 6) is 1.70. The summed E-state index contributed by atoms with van der Waals surface area (Å²) in [6.45, 7) is 1.22. The van der Waals surface area contributed by atoms with E-state index in [1.54, 1.807) is 0 Å². The van der Waals surface area contributed by atoms with Crippen molar-refractivity contribution < 1.29 is 9.47 Å². The highest BCUT2D eigenvalue weighted by atomic mass is 16.5. The number of aliphatic imine (C=N–C) groups is 2. The Morgan fingerprint density at radius 3 is 1.52 bits per heavy atom. The van der Waals surface area contributed by atoms with Crippen molar-refractivity contribution in [1.29, 1.82) is 0 Å². The molecule has 1 aliphatic carbocycles. The van der Waals surface area contributed by atoms with Gasteiger partial charge in [0, 0.05) is 0 Å². The minimum Gasteiger partial charge on any atom is -0.478 e. The first kappa shape index (κ1) is 18.4. The molecule has 2 aromatic carbocycles. The largest absolute Gasteiger partial charge is 0.478 e. The minimum atomic E-state index is -0.302. The van der Waals surface area contributed by atoms with Crippen LogP contribution < -0.4 is 0 Å². The average molecular weight is 389 g/mol. The fourth-order valence-corrected chi connectivity index (χ4v) is 4.81. The van der Waals surface area contributed by atoms with Crippen LogP contribution in [0.4, 0.5) is 0 Å². The summed E-state index contributed by atoms with van der Waals surface area (Å²) in [4.78, 5) is 10.1. The van der Waals surface area contributed by atoms with Crippen molar-refractivity contribution in [3.05, 3.63) is 71.8 Å². The maximum absolute atomic E-state index is 6.26. The van der Waals surface area contributed by atoms with Gasteiger partial charge in [-0.1, -0.05) is 86.3 Å². The number of benzene rings is 2. The first-order valence-electron chi connectivity index (χ1n) is 10.9. The molecule has 0 bridgehead atoms. The molecule has 2 aromatic rings. The highest BCUT2D eigenvalue weighted by molar-refractivity contribution is 6.06. The van der Waals surface area contributed by atoms with E-state index in [-0.39, 0.29) is 17.5 Å². The Morgan fingerprint density at radius 1 is 0.621 bits per heavy atom. The van der Waals surface area contributed by atoms with E-state index in [1.807, 2.05) is 12.1 Å². The van der Waals surface area contributed by atoms with E-state index < -0.39 is 0 Å². The molecule has 2 atom stereocenters. The summed E-state index contributed by atoms with van der Waals surface area (Å²) in [6, 6.07) is 21.0. The molecule has 0 saturated heterocycles. The maximum atomic E-state index is 6.26. The predicted molar refractivity (Wildman–Crippen MR) is 115 cm³/mol. The molecule has 0 amide bonds. The molecular weight excluding hydrogens is 360 g/mol. The molecular formula is C25H28N2O2. The topological polar surface area (TPSA) is 43.2 Å². The molecule has 5 rings (SSSR count). The van der Waals surface area contributed by atoms with Gasteiger partial charge in [0.2, 0.25) is 0 Å². The van der Waals surface area contributed by atoms with E-state index in [4.69, 9.17) is 19.5 Å². The van der Waals surface area contributed by atoms with Gasteiger partial charge in [0.1, 0.15) is 30.7 Å². The first-order valence-corrected chi connectivity index (χ1v) is 10.9. The Bertz CT molecular complexity index is 816. The van der Waals surface area contributed by atoms with E-state index in [0.717, 1.165) is 37.5 Å². The number of hydrogen-bond acceptors (Lipinski definition) is 4. The van der Waals surface area contributed by atoms with Crippen LogP contribution in [0.25, 0.3) is 0 Å². The summed E-state index contributed by atoms with van der Waals surface area (Å²) < 4.78 is 12.5. The predicted octanol–water partition coefficient (Wildman–Crippen LogP) is 5.67. The van der Waals surface area contributed by atoms with Crippen LogP contribution in [0.2, 0.25) is 0 Å². The van der Waals surface area contributed by atoms with Gasteiger partial charge in [0.25, 0.3) is 0 Å². The second-order valence-corrected chi connectivity index (χ2v) is 8.34. The van der Waals surface area contributed by atoms with E-state index in [9.17, 15) is 0 Å². The van der Waals surface area contributed by atoms with Gasteiger partial charge < -0.3 is 9.47 Å². The van der Waals surface area contributed by atoms with Crippen LogP contribution in [0.1, 0.15) is 61.7 Å². The fraction of sp³-hybridized carbons (Fsp3) is 0.440. The van der Waals surface area contributed by atoms with Gasteiger partial charge in [-0.05, 0) is 24.0 Å². The van der Waals surface area contributed by atoms with Crippen LogP contribution >= 0.6 is 0 Å². The average Bonchev–Trinajstić information content (AvgIpc) is 3.42. The zero-order valence-corrected chi connectivity index (χ0v) is 16.8. The summed E-state index contributed by atoms with van der Waals surface area (Å²) in [5.41, 5.74) is 2.12. The Balaban J connectivity index is 1.49. The van der Waals surface area contributed by atoms with Crippen molar-refractivity contribution in [2.45, 2.75) is 50.6 Å². The summed E-state index contributed by atoms with van der Waals surface area (Å²) in [7, 11) is 0. The van der Waals surface area contributed by atoms with Crippen molar-refractivity contribution in [2.24, 2.45) is 15.4 Å². The molecule has 0 spiro atoms. The van der Waals surface area contributed by atoms with Gasteiger partial charge >= 0.3 is 0 Å². The number of hydrogen-bond donors (Lipinski definition) is 0. The molecule has 0 unspecified atom stereocenters. The van der Waals surface area contributed by atoms with Crippen LogP contribution in [0.5, 0.6) is 0 Å². The van der Waals surface area contributed by atoms with E-state index in [0.29, 0.717) is 13.2 Å². The molecule has 1 fully saturated rings. The molecule has 4 heteroatoms. The lowest BCUT2D eigenvalue weighted by molar-refractivity contribution is 0.240. The monoisotopic (exact) mass is 388 g/mol. The van der Waals surface area contributed by atoms with Gasteiger partial charge in [0.15, 0.2) is 11.8 Å². The molecule has 0 aromatic heterocycles. The number of rotatable bonds is 4. The van der Waals surface area contributed by atoms with Gasteiger partial charge in [-0.25, -0.2) is 9.98 Å². The maximum Gasteiger partial charge on any atom is 0.200 e. The van der Waals surface area contributed by atoms with Crippen molar-refractivity contribution in [3.63, 3.8) is 0 Å². The van der Waals surface area contributed by atoms with Crippen molar-refractivity contribution in [3.8, 4) is 0 Å². The third kappa shape index (κ3) is 3.57. The smallest absolute Gasteiger partial charge is 0.200 e. The molecule has 4 nitrogen and oxygen atoms in total. The van der Waals surface area contributed by atoms with E-state index >= 15 is 0 Å². The third-order valence-electron chi connectivity index (χ3n) is 6.45. The zero-order chi connectivity index (χ0) is 19.5. The Morgan fingerprint density at radius 2 is 1.07 bits per heavy atom. The summed E-state index contributed by atoms with van der Waals surface area (Å²) >= 11 is 0. The van der Waals surface area contributed by atoms with Crippen LogP contribution in [0.15, 0.2) is 70.6 Å². The van der Waals surface area contributed by atoms with Crippen molar-refractivity contribution >= 4 is 11.8 Å². The van der Waals surface area contributed by atoms with Crippen LogP contribution in [-0.4, -0.2) is 25.0 Å². The first-order chi connectivity index (χ1) is 14.4. The van der Waals surface area contributed by atoms with Gasteiger partial charge in [-0.3, -0.25) is 0 Å². The minimum absolute atomic E-state index is 0.0678. The van der Waals surface area contributed by atoms with Crippen molar-refractivity contribution in [2.75, 3.05) is 13.2 Å². The molecule has 0 radical (unpaired) electrons. The molecule has 1 saturated carbocycles. The van der Waals surface area contributed by atoms with Gasteiger partial charge in [-0.2, -0.15) is 0 Å². The highest BCUT2D eigenvalue weighted by Crippen LogP contribution is 2.44. The normalized spacial score (nSPS) is 26.1. The fourth-order valence-electron chi connectivity index (χ4n) is 4.81. The highest BCUT2D eigenvalue weighted by Gasteiger charge is 2.48. The molecule has 2 heterocycles. The Labute approximate surface area is 172 Å². The number of nitrogens with zero attached hydrogens (tertiary/aromatic N) is 2. The molecule has 29 heavy (non-hydrogen) atoms. The summed E-state index contributed by atoms with van der Waals surface area (Å²) in [6.07, 6.45) is 6.86. The lowest BCUT2D eigenvalue weighted by Crippen LogP contribution is -2.39. The molecule has 150 valence electrons. The van der Waals surface area contributed by atoms with Crippen LogP contribution in [-0.2, 0) is 9.47 Å². The Kier molecular flexibility index (Phi) is 5.09. The third-order valence-corrected chi connectivity index (χ3v) is 6.45. The van der Waals surface area contributed by atoms with Crippen LogP contribution in [0.3, 0.4) is 0 Å². The second kappa shape index (κ2) is 8.02. The quantitative estimate of drug-likeness (QED) is 0.634. The molecule has 0 N–H and O–H groups in total. The summed E-state index contributed by atoms with van der Waals surface area (Å²) in [5, 5.41) is 0. The SMILES string of the molecule is c1ccc([C@@H]2COC(C3(C4=N[C@H](c5ccccc5)CO4)CCCCCC3)=N2)cc1. The lowest BCUT2D eigenvalue weighted by atomic mass is 9.79. The number of ether oxygens (including phenoxy) is 2. The van der Waals surface area contributed by atoms with Crippen molar-refractivity contribution in [1.82, 2.24) is 0 Å². The lowest BCUT2D eigenvalue weighted by Gasteiger charge is -2.30. The van der Waals surface area contributed by atoms with Gasteiger partial charge in [-0.15, -0.1) is 0 Å². The molecule has 3 aliphatic rings. The van der Waals surface area contributed by atoms with Crippen LogP contribution in [0, 0.1) is 5.41 Å². The zero-order valence-electron chi connectivity index (χ0n) is 16.8.